The molecule has 3 N–H and O–H groups in total. The van der Waals surface area contributed by atoms with Crippen LogP contribution in [0.4, 0.5) is 19.3 Å². The highest BCUT2D eigenvalue weighted by molar-refractivity contribution is 5.90. The number of hydrogen-bond acceptors (Lipinski definition) is 3. The molecule has 3 aromatic carbocycles. The van der Waals surface area contributed by atoms with Crippen molar-refractivity contribution in [2.75, 3.05) is 5.32 Å². The van der Waals surface area contributed by atoms with Crippen molar-refractivity contribution in [3.05, 3.63) is 82.9 Å². The molecular formula is C27H30F2N2O4. The fraction of sp³-hybridized carbons (Fsp3) is 0.259. The summed E-state index contributed by atoms with van der Waals surface area (Å²) in [5, 5.41) is 14.4. The van der Waals surface area contributed by atoms with Crippen LogP contribution in [-0.4, -0.2) is 23.7 Å². The number of carbonyl (C=O) groups is 2. The average molecular weight is 485 g/mol. The number of urea groups is 1. The molecule has 0 aliphatic rings. The van der Waals surface area contributed by atoms with Gasteiger partial charge in [-0.05, 0) is 59.9 Å². The molecule has 2 amide bonds. The van der Waals surface area contributed by atoms with E-state index in [9.17, 15) is 18.4 Å². The molecule has 0 spiro atoms. The van der Waals surface area contributed by atoms with E-state index < -0.39 is 18.6 Å². The van der Waals surface area contributed by atoms with Crippen molar-refractivity contribution >= 4 is 17.7 Å². The number of anilines is 1. The van der Waals surface area contributed by atoms with E-state index in [0.29, 0.717) is 16.8 Å². The molecule has 6 nitrogen and oxygen atoms in total. The Balaban J connectivity index is 0.00000210. The van der Waals surface area contributed by atoms with E-state index in [2.05, 4.69) is 15.4 Å². The second-order valence-corrected chi connectivity index (χ2v) is 7.55. The number of carboxylic acids is 1. The summed E-state index contributed by atoms with van der Waals surface area (Å²) in [6.45, 7) is 5.02. The number of amides is 2. The van der Waals surface area contributed by atoms with Crippen molar-refractivity contribution < 1.29 is 28.2 Å². The second-order valence-electron chi connectivity index (χ2n) is 7.55. The first-order valence-corrected chi connectivity index (χ1v) is 11.2. The van der Waals surface area contributed by atoms with E-state index in [0.717, 1.165) is 22.3 Å². The highest BCUT2D eigenvalue weighted by Crippen LogP contribution is 2.36. The number of alkyl halides is 2. The molecule has 0 atom stereocenters. The van der Waals surface area contributed by atoms with Crippen LogP contribution >= 0.6 is 0 Å². The van der Waals surface area contributed by atoms with Crippen LogP contribution < -0.4 is 15.4 Å². The van der Waals surface area contributed by atoms with Crippen LogP contribution in [0.1, 0.15) is 36.1 Å². The topological polar surface area (TPSA) is 87.7 Å². The van der Waals surface area contributed by atoms with Crippen LogP contribution in [0, 0.1) is 13.8 Å². The normalized spacial score (nSPS) is 10.3. The lowest BCUT2D eigenvalue weighted by Gasteiger charge is -2.17. The van der Waals surface area contributed by atoms with Crippen LogP contribution in [0.3, 0.4) is 0 Å². The van der Waals surface area contributed by atoms with E-state index >= 15 is 0 Å². The Labute approximate surface area is 203 Å². The third kappa shape index (κ3) is 8.10. The van der Waals surface area contributed by atoms with E-state index in [1.165, 1.54) is 6.07 Å². The highest BCUT2D eigenvalue weighted by Gasteiger charge is 2.15. The first-order chi connectivity index (χ1) is 16.7. The van der Waals surface area contributed by atoms with Gasteiger partial charge in [0.25, 0.3) is 0 Å². The monoisotopic (exact) mass is 484 g/mol. The minimum Gasteiger partial charge on any atom is -0.481 e. The third-order valence-corrected chi connectivity index (χ3v) is 4.99. The van der Waals surface area contributed by atoms with Gasteiger partial charge in [0.1, 0.15) is 5.75 Å². The van der Waals surface area contributed by atoms with Crippen molar-refractivity contribution in [2.45, 2.75) is 47.3 Å². The van der Waals surface area contributed by atoms with E-state index in [4.69, 9.17) is 5.11 Å². The fourth-order valence-electron chi connectivity index (χ4n) is 3.64. The van der Waals surface area contributed by atoms with Gasteiger partial charge < -0.3 is 20.5 Å². The lowest BCUT2D eigenvalue weighted by molar-refractivity contribution is -0.136. The number of nitrogens with one attached hydrogen (secondary N) is 2. The number of carbonyl (C=O) groups excluding carboxylic acids is 1. The number of benzene rings is 3. The average Bonchev–Trinajstić information content (AvgIpc) is 2.80. The molecule has 0 fully saturated rings. The first kappa shape index (κ1) is 27.3. The Morgan fingerprint density at radius 3 is 2.09 bits per heavy atom. The summed E-state index contributed by atoms with van der Waals surface area (Å²) in [4.78, 5) is 23.1. The predicted octanol–water partition coefficient (Wildman–Crippen LogP) is 6.55. The number of carboxylic acid groups (broad SMARTS) is 1. The Hall–Kier alpha value is -3.94. The molecule has 35 heavy (non-hydrogen) atoms. The van der Waals surface area contributed by atoms with E-state index in [1.54, 1.807) is 54.6 Å². The summed E-state index contributed by atoms with van der Waals surface area (Å²) >= 11 is 0. The molecule has 0 aromatic heterocycles. The SMILES string of the molecule is CC.Cc1cc(NC(=O)NCc2ccc(CC(=O)O)cc2)cc(C)c1-c1ccccc1OC(F)F. The summed E-state index contributed by atoms with van der Waals surface area (Å²) in [7, 11) is 0. The summed E-state index contributed by atoms with van der Waals surface area (Å²) in [6.07, 6.45) is -0.0539. The van der Waals surface area contributed by atoms with Crippen LogP contribution in [-0.2, 0) is 17.8 Å². The number of rotatable bonds is 8. The standard InChI is InChI=1S/C25H24F2N2O4.C2H6/c1-15-11-19(12-16(2)23(15)20-5-3-4-6-21(20)33-24(26)27)29-25(32)28-14-18-9-7-17(8-10-18)13-22(30)31;1-2/h3-12,24H,13-14H2,1-2H3,(H,30,31)(H2,28,29,32);1-2H3. The Bertz CT molecular complexity index is 1130. The molecule has 3 rings (SSSR count). The minimum absolute atomic E-state index is 0.0539. The van der Waals surface area contributed by atoms with Crippen molar-refractivity contribution in [2.24, 2.45) is 0 Å². The van der Waals surface area contributed by atoms with Gasteiger partial charge in [0.2, 0.25) is 0 Å². The predicted molar refractivity (Wildman–Crippen MR) is 133 cm³/mol. The minimum atomic E-state index is -2.93. The maximum Gasteiger partial charge on any atom is 0.387 e. The lowest BCUT2D eigenvalue weighted by Crippen LogP contribution is -2.28. The quantitative estimate of drug-likeness (QED) is 0.338. The zero-order valence-electron chi connectivity index (χ0n) is 20.2. The van der Waals surface area contributed by atoms with Gasteiger partial charge in [-0.1, -0.05) is 56.3 Å². The Morgan fingerprint density at radius 1 is 0.943 bits per heavy atom. The Morgan fingerprint density at radius 2 is 1.51 bits per heavy atom. The lowest BCUT2D eigenvalue weighted by atomic mass is 9.94. The third-order valence-electron chi connectivity index (χ3n) is 4.99. The van der Waals surface area contributed by atoms with Crippen LogP contribution in [0.15, 0.2) is 60.7 Å². The van der Waals surface area contributed by atoms with Crippen LogP contribution in [0.25, 0.3) is 11.1 Å². The summed E-state index contributed by atoms with van der Waals surface area (Å²) in [5.41, 5.74) is 4.98. The van der Waals surface area contributed by atoms with Crippen molar-refractivity contribution in [1.82, 2.24) is 5.32 Å². The number of aliphatic carboxylic acids is 1. The fourth-order valence-corrected chi connectivity index (χ4v) is 3.64. The molecule has 0 saturated carbocycles. The van der Waals surface area contributed by atoms with Crippen molar-refractivity contribution in [3.8, 4) is 16.9 Å². The van der Waals surface area contributed by atoms with Gasteiger partial charge in [-0.15, -0.1) is 0 Å². The summed E-state index contributed by atoms with van der Waals surface area (Å²) in [6, 6.07) is 16.7. The van der Waals surface area contributed by atoms with Gasteiger partial charge in [0.05, 0.1) is 6.42 Å². The second kappa shape index (κ2) is 13.1. The molecule has 8 heteroatoms. The van der Waals surface area contributed by atoms with Gasteiger partial charge >= 0.3 is 18.6 Å². The summed E-state index contributed by atoms with van der Waals surface area (Å²) < 4.78 is 30.2. The molecule has 0 aliphatic carbocycles. The number of hydrogen-bond donors (Lipinski definition) is 3. The molecular weight excluding hydrogens is 454 g/mol. The summed E-state index contributed by atoms with van der Waals surface area (Å²) in [5.74, 6) is -0.812. The van der Waals surface area contributed by atoms with Crippen LogP contribution in [0.2, 0.25) is 0 Å². The smallest absolute Gasteiger partial charge is 0.387 e. The highest BCUT2D eigenvalue weighted by atomic mass is 19.3. The van der Waals surface area contributed by atoms with Crippen molar-refractivity contribution in [3.63, 3.8) is 0 Å². The molecule has 0 saturated heterocycles. The maximum absolute atomic E-state index is 12.8. The van der Waals surface area contributed by atoms with E-state index in [-0.39, 0.29) is 18.7 Å². The first-order valence-electron chi connectivity index (χ1n) is 11.2. The van der Waals surface area contributed by atoms with Gasteiger partial charge in [0.15, 0.2) is 0 Å². The van der Waals surface area contributed by atoms with E-state index in [1.807, 2.05) is 27.7 Å². The van der Waals surface area contributed by atoms with Crippen LogP contribution in [0.5, 0.6) is 5.75 Å². The zero-order valence-corrected chi connectivity index (χ0v) is 20.2. The number of para-hydroxylation sites is 1. The van der Waals surface area contributed by atoms with Gasteiger partial charge in [-0.25, -0.2) is 4.79 Å². The Kier molecular flexibility index (Phi) is 10.2. The molecule has 0 unspecified atom stereocenters. The number of aryl methyl sites for hydroxylation is 2. The zero-order chi connectivity index (χ0) is 26.0. The molecule has 0 radical (unpaired) electrons. The molecule has 186 valence electrons. The molecule has 0 bridgehead atoms. The maximum atomic E-state index is 12.8. The largest absolute Gasteiger partial charge is 0.481 e. The number of halogens is 2. The number of ether oxygens (including phenoxy) is 1. The molecule has 0 aliphatic heterocycles. The van der Waals surface area contributed by atoms with Gasteiger partial charge in [-0.2, -0.15) is 8.78 Å². The molecule has 3 aromatic rings. The van der Waals surface area contributed by atoms with Gasteiger partial charge in [0, 0.05) is 17.8 Å². The van der Waals surface area contributed by atoms with Crippen molar-refractivity contribution in [1.29, 1.82) is 0 Å². The van der Waals surface area contributed by atoms with Gasteiger partial charge in [-0.3, -0.25) is 4.79 Å². The molecule has 0 heterocycles.